The van der Waals surface area contributed by atoms with Crippen molar-refractivity contribution in [1.29, 1.82) is 0 Å². The number of halogens is 1. The molecule has 0 N–H and O–H groups in total. The number of esters is 1. The second-order valence-electron chi connectivity index (χ2n) is 5.86. The van der Waals surface area contributed by atoms with Crippen LogP contribution in [0.4, 0.5) is 0 Å². The van der Waals surface area contributed by atoms with Gasteiger partial charge in [0.1, 0.15) is 5.03 Å². The Hall–Kier alpha value is -2.97. The first-order valence-electron chi connectivity index (χ1n) is 8.62. The summed E-state index contributed by atoms with van der Waals surface area (Å²) in [5.74, 6) is 0.149. The summed E-state index contributed by atoms with van der Waals surface area (Å²) in [4.78, 5) is 17.7. The molecule has 0 bridgehead atoms. The molecule has 0 spiro atoms. The maximum atomic E-state index is 12.6. The third-order valence-electron chi connectivity index (χ3n) is 3.84. The number of carbonyl (C=O) groups is 1. The molecule has 4 rings (SSSR count). The van der Waals surface area contributed by atoms with E-state index >= 15 is 0 Å². The molecule has 0 aliphatic carbocycles. The van der Waals surface area contributed by atoms with Gasteiger partial charge in [-0.2, -0.15) is 0 Å². The van der Waals surface area contributed by atoms with E-state index in [2.05, 4.69) is 31.1 Å². The second-order valence-corrected chi connectivity index (χ2v) is 7.83. The van der Waals surface area contributed by atoms with Gasteiger partial charge in [0, 0.05) is 21.1 Å². The van der Waals surface area contributed by atoms with E-state index in [1.54, 1.807) is 18.3 Å². The topological polar surface area (TPSA) is 78.1 Å². The van der Waals surface area contributed by atoms with E-state index in [4.69, 9.17) is 9.15 Å². The lowest BCUT2D eigenvalue weighted by Gasteiger charge is -2.08. The smallest absolute Gasteiger partial charge is 0.339 e. The minimum absolute atomic E-state index is 0.103. The Labute approximate surface area is 179 Å². The Morgan fingerprint density at radius 2 is 1.79 bits per heavy atom. The lowest BCUT2D eigenvalue weighted by molar-refractivity contribution is 0.0434. The predicted octanol–water partition coefficient (Wildman–Crippen LogP) is 5.40. The van der Waals surface area contributed by atoms with E-state index in [1.807, 2.05) is 54.6 Å². The lowest BCUT2D eigenvalue weighted by atomic mass is 10.2. The van der Waals surface area contributed by atoms with Crippen LogP contribution in [0.15, 0.2) is 91.7 Å². The predicted molar refractivity (Wildman–Crippen MR) is 111 cm³/mol. The second kappa shape index (κ2) is 9.02. The summed E-state index contributed by atoms with van der Waals surface area (Å²) in [7, 11) is 0. The maximum Gasteiger partial charge on any atom is 0.339 e. The molecular weight excluding hydrogens is 454 g/mol. The minimum atomic E-state index is -0.468. The summed E-state index contributed by atoms with van der Waals surface area (Å²) in [5.41, 5.74) is 1.26. The van der Waals surface area contributed by atoms with Crippen LogP contribution in [0.3, 0.4) is 0 Å². The van der Waals surface area contributed by atoms with Crippen molar-refractivity contribution in [3.63, 3.8) is 0 Å². The molecule has 8 heteroatoms. The Balaban J connectivity index is 1.44. The normalized spacial score (nSPS) is 10.7. The number of benzene rings is 2. The molecule has 0 atom stereocenters. The molecule has 0 radical (unpaired) electrons. The summed E-state index contributed by atoms with van der Waals surface area (Å²) in [6.07, 6.45) is 1.71. The van der Waals surface area contributed by atoms with Crippen LogP contribution >= 0.6 is 27.7 Å². The number of aromatic nitrogens is 3. The third kappa shape index (κ3) is 4.90. The number of rotatable bonds is 6. The highest BCUT2D eigenvalue weighted by atomic mass is 79.9. The number of ether oxygens (including phenoxy) is 1. The first kappa shape index (κ1) is 19.4. The largest absolute Gasteiger partial charge is 0.452 e. The van der Waals surface area contributed by atoms with Crippen molar-refractivity contribution < 1.29 is 13.9 Å². The van der Waals surface area contributed by atoms with Crippen LogP contribution < -0.4 is 0 Å². The van der Waals surface area contributed by atoms with Crippen LogP contribution in [0.2, 0.25) is 0 Å². The van der Waals surface area contributed by atoms with E-state index in [0.29, 0.717) is 11.5 Å². The molecule has 29 heavy (non-hydrogen) atoms. The maximum absolute atomic E-state index is 12.6. The fourth-order valence-electron chi connectivity index (χ4n) is 2.47. The van der Waals surface area contributed by atoms with E-state index in [0.717, 1.165) is 20.0 Å². The number of nitrogens with zero attached hydrogens (tertiary/aromatic N) is 3. The number of hydrogen-bond donors (Lipinski definition) is 0. The SMILES string of the molecule is O=C(OCc1nnc(-c2ccccc2)o1)c1ccccc1Sc1ccc(Br)cn1. The summed E-state index contributed by atoms with van der Waals surface area (Å²) < 4.78 is 11.9. The first-order chi connectivity index (χ1) is 14.2. The highest BCUT2D eigenvalue weighted by Crippen LogP contribution is 2.30. The van der Waals surface area contributed by atoms with Crippen molar-refractivity contribution in [2.24, 2.45) is 0 Å². The summed E-state index contributed by atoms with van der Waals surface area (Å²) >= 11 is 4.75. The van der Waals surface area contributed by atoms with Crippen LogP contribution in [-0.4, -0.2) is 21.2 Å². The van der Waals surface area contributed by atoms with Gasteiger partial charge in [-0.3, -0.25) is 0 Å². The summed E-state index contributed by atoms with van der Waals surface area (Å²) in [6, 6.07) is 20.4. The van der Waals surface area contributed by atoms with Gasteiger partial charge in [-0.1, -0.05) is 42.1 Å². The molecule has 0 aliphatic rings. The highest BCUT2D eigenvalue weighted by molar-refractivity contribution is 9.10. The summed E-state index contributed by atoms with van der Waals surface area (Å²) in [5, 5.41) is 8.71. The Bertz CT molecular complexity index is 1120. The fourth-order valence-corrected chi connectivity index (χ4v) is 3.58. The van der Waals surface area contributed by atoms with Crippen molar-refractivity contribution in [3.05, 3.63) is 88.9 Å². The standard InChI is InChI=1S/C21H14BrN3O3S/c22-15-10-11-19(23-12-15)29-17-9-5-4-8-16(17)21(26)27-13-18-24-25-20(28-18)14-6-2-1-3-7-14/h1-12H,13H2. The van der Waals surface area contributed by atoms with Gasteiger partial charge in [-0.15, -0.1) is 10.2 Å². The van der Waals surface area contributed by atoms with Gasteiger partial charge in [0.25, 0.3) is 5.89 Å². The Morgan fingerprint density at radius 3 is 2.59 bits per heavy atom. The van der Waals surface area contributed by atoms with Crippen molar-refractivity contribution in [2.75, 3.05) is 0 Å². The third-order valence-corrected chi connectivity index (χ3v) is 5.33. The molecule has 0 aliphatic heterocycles. The molecule has 0 fully saturated rings. The molecule has 4 aromatic rings. The van der Waals surface area contributed by atoms with Gasteiger partial charge in [-0.25, -0.2) is 9.78 Å². The first-order valence-corrected chi connectivity index (χ1v) is 10.2. The zero-order valence-corrected chi connectivity index (χ0v) is 17.4. The molecular formula is C21H14BrN3O3S. The van der Waals surface area contributed by atoms with Gasteiger partial charge in [0.05, 0.1) is 5.56 Å². The van der Waals surface area contributed by atoms with Crippen molar-refractivity contribution in [2.45, 2.75) is 16.5 Å². The lowest BCUT2D eigenvalue weighted by Crippen LogP contribution is -2.07. The molecule has 144 valence electrons. The molecule has 0 saturated heterocycles. The van der Waals surface area contributed by atoms with Crippen LogP contribution in [0.5, 0.6) is 0 Å². The van der Waals surface area contributed by atoms with Gasteiger partial charge < -0.3 is 9.15 Å². The Morgan fingerprint density at radius 1 is 1.00 bits per heavy atom. The minimum Gasteiger partial charge on any atom is -0.452 e. The number of carbonyl (C=O) groups excluding carboxylic acids is 1. The molecule has 2 aromatic carbocycles. The van der Waals surface area contributed by atoms with Crippen LogP contribution in [-0.2, 0) is 11.3 Å². The zero-order valence-electron chi connectivity index (χ0n) is 15.0. The van der Waals surface area contributed by atoms with Crippen molar-refractivity contribution >= 4 is 33.7 Å². The molecule has 2 heterocycles. The average molecular weight is 468 g/mol. The van der Waals surface area contributed by atoms with Gasteiger partial charge >= 0.3 is 5.97 Å². The highest BCUT2D eigenvalue weighted by Gasteiger charge is 2.16. The molecule has 0 unspecified atom stereocenters. The van der Waals surface area contributed by atoms with E-state index in [1.165, 1.54) is 11.8 Å². The van der Waals surface area contributed by atoms with E-state index < -0.39 is 5.97 Å². The van der Waals surface area contributed by atoms with Crippen LogP contribution in [0, 0.1) is 0 Å². The molecule has 2 aromatic heterocycles. The van der Waals surface area contributed by atoms with Gasteiger partial charge in [0.2, 0.25) is 5.89 Å². The van der Waals surface area contributed by atoms with Crippen LogP contribution in [0.25, 0.3) is 11.5 Å². The monoisotopic (exact) mass is 467 g/mol. The quantitative estimate of drug-likeness (QED) is 0.351. The van der Waals surface area contributed by atoms with E-state index in [-0.39, 0.29) is 12.5 Å². The van der Waals surface area contributed by atoms with Gasteiger partial charge in [-0.05, 0) is 52.3 Å². The fraction of sp³-hybridized carbons (Fsp3) is 0.0476. The number of pyridine rings is 1. The Kier molecular flexibility index (Phi) is 6.02. The zero-order chi connectivity index (χ0) is 20.1. The number of hydrogen-bond acceptors (Lipinski definition) is 7. The van der Waals surface area contributed by atoms with Crippen molar-refractivity contribution in [1.82, 2.24) is 15.2 Å². The molecule has 0 saturated carbocycles. The molecule has 0 amide bonds. The van der Waals surface area contributed by atoms with Crippen molar-refractivity contribution in [3.8, 4) is 11.5 Å². The van der Waals surface area contributed by atoms with E-state index in [9.17, 15) is 4.79 Å². The van der Waals surface area contributed by atoms with Gasteiger partial charge in [0.15, 0.2) is 6.61 Å². The average Bonchev–Trinajstić information content (AvgIpc) is 3.24. The van der Waals surface area contributed by atoms with Crippen LogP contribution in [0.1, 0.15) is 16.2 Å². The summed E-state index contributed by atoms with van der Waals surface area (Å²) in [6.45, 7) is -0.103. The molecule has 6 nitrogen and oxygen atoms in total.